The summed E-state index contributed by atoms with van der Waals surface area (Å²) in [6.45, 7) is -0.506. The van der Waals surface area contributed by atoms with Crippen LogP contribution in [0.1, 0.15) is 15.2 Å². The molecule has 0 saturated carbocycles. The third-order valence-electron chi connectivity index (χ3n) is 1.55. The fraction of sp³-hybridized carbons (Fsp3) is 0.250. The highest BCUT2D eigenvalue weighted by Gasteiger charge is 2.12. The summed E-state index contributed by atoms with van der Waals surface area (Å²) in [6.07, 6.45) is 0. The molecule has 0 aliphatic carbocycles. The van der Waals surface area contributed by atoms with Crippen LogP contribution in [0.5, 0.6) is 0 Å². The number of rotatable bonds is 1. The number of benzene rings is 1. The van der Waals surface area contributed by atoms with E-state index in [0.29, 0.717) is 11.0 Å². The molecule has 58 valence electrons. The van der Waals surface area contributed by atoms with Crippen molar-refractivity contribution in [2.75, 3.05) is 0 Å². The molecule has 11 heavy (non-hydrogen) atoms. The molecule has 0 aliphatic rings. The van der Waals surface area contributed by atoms with E-state index in [0.717, 1.165) is 0 Å². The van der Waals surface area contributed by atoms with Crippen LogP contribution in [0.25, 0.3) is 0 Å². The second-order valence-corrected chi connectivity index (χ2v) is 2.45. The molecule has 0 radical (unpaired) electrons. The molecule has 0 fully saturated rings. The molecule has 0 atom stereocenters. The Morgan fingerprint density at radius 3 is 2.64 bits per heavy atom. The van der Waals surface area contributed by atoms with E-state index in [1.54, 1.807) is 6.92 Å². The molecule has 1 aromatic carbocycles. The second kappa shape index (κ2) is 3.07. The topological polar surface area (TPSA) is 40.5 Å². The van der Waals surface area contributed by atoms with Gasteiger partial charge in [-0.1, -0.05) is 29.3 Å². The molecule has 0 unspecified atom stereocenters. The molecule has 2 N–H and O–H groups in total. The Morgan fingerprint density at radius 1 is 1.45 bits per heavy atom. The Hall–Kier alpha value is -0.795. The van der Waals surface area contributed by atoms with Gasteiger partial charge in [-0.05, 0) is 19.2 Å². The Labute approximate surface area is 70.9 Å². The SMILES string of the molecule is [2H]C([2H])([2H])c1ccc(B(O)O)c(C)c1. The average molecular weight is 153 g/mol. The fourth-order valence-corrected chi connectivity index (χ4v) is 0.965. The summed E-state index contributed by atoms with van der Waals surface area (Å²) >= 11 is 0. The summed E-state index contributed by atoms with van der Waals surface area (Å²) in [5.74, 6) is 0. The van der Waals surface area contributed by atoms with Crippen LogP contribution in [0.3, 0.4) is 0 Å². The van der Waals surface area contributed by atoms with Gasteiger partial charge in [0.05, 0.1) is 0 Å². The van der Waals surface area contributed by atoms with Crippen LogP contribution in [-0.2, 0) is 0 Å². The maximum Gasteiger partial charge on any atom is 0.488 e. The molecule has 0 amide bonds. The summed E-state index contributed by atoms with van der Waals surface area (Å²) in [7, 11) is -1.55. The van der Waals surface area contributed by atoms with E-state index in [9.17, 15) is 0 Å². The first-order valence-electron chi connectivity index (χ1n) is 4.79. The van der Waals surface area contributed by atoms with E-state index in [2.05, 4.69) is 0 Å². The lowest BCUT2D eigenvalue weighted by atomic mass is 9.77. The third-order valence-corrected chi connectivity index (χ3v) is 1.55. The molecular weight excluding hydrogens is 139 g/mol. The van der Waals surface area contributed by atoms with Crippen molar-refractivity contribution in [1.82, 2.24) is 0 Å². The van der Waals surface area contributed by atoms with Crippen molar-refractivity contribution in [1.29, 1.82) is 0 Å². The van der Waals surface area contributed by atoms with Crippen LogP contribution in [0.2, 0.25) is 0 Å². The molecular formula is C8H11BO2. The molecule has 0 saturated heterocycles. The first kappa shape index (κ1) is 4.96. The third kappa shape index (κ3) is 1.82. The summed E-state index contributed by atoms with van der Waals surface area (Å²) in [5.41, 5.74) is 1.10. The minimum absolute atomic E-state index is 0.208. The zero-order valence-corrected chi connectivity index (χ0v) is 6.20. The van der Waals surface area contributed by atoms with Crippen molar-refractivity contribution >= 4 is 12.6 Å². The van der Waals surface area contributed by atoms with Gasteiger partial charge in [0.2, 0.25) is 0 Å². The van der Waals surface area contributed by atoms with E-state index in [-0.39, 0.29) is 5.56 Å². The van der Waals surface area contributed by atoms with Gasteiger partial charge >= 0.3 is 7.12 Å². The van der Waals surface area contributed by atoms with Crippen LogP contribution in [0, 0.1) is 13.8 Å². The van der Waals surface area contributed by atoms with Crippen molar-refractivity contribution < 1.29 is 14.2 Å². The lowest BCUT2D eigenvalue weighted by Crippen LogP contribution is -2.31. The lowest BCUT2D eigenvalue weighted by molar-refractivity contribution is 0.425. The Morgan fingerprint density at radius 2 is 2.18 bits per heavy atom. The molecule has 0 aliphatic heterocycles. The first-order valence-corrected chi connectivity index (χ1v) is 3.29. The van der Waals surface area contributed by atoms with Gasteiger partial charge in [0.15, 0.2) is 0 Å². The normalized spacial score (nSPS) is 15.0. The van der Waals surface area contributed by atoms with Gasteiger partial charge < -0.3 is 10.0 Å². The highest BCUT2D eigenvalue weighted by Crippen LogP contribution is 1.99. The van der Waals surface area contributed by atoms with E-state index in [4.69, 9.17) is 14.2 Å². The average Bonchev–Trinajstić information content (AvgIpc) is 2.01. The van der Waals surface area contributed by atoms with Crippen molar-refractivity contribution in [3.63, 3.8) is 0 Å². The van der Waals surface area contributed by atoms with Gasteiger partial charge in [-0.25, -0.2) is 0 Å². The van der Waals surface area contributed by atoms with Crippen LogP contribution in [0.15, 0.2) is 18.2 Å². The summed E-state index contributed by atoms with van der Waals surface area (Å²) in [4.78, 5) is 0. The maximum absolute atomic E-state index is 8.91. The summed E-state index contributed by atoms with van der Waals surface area (Å²) in [5, 5.41) is 17.8. The predicted molar refractivity (Wildman–Crippen MR) is 45.7 cm³/mol. The standard InChI is InChI=1S/C8H11BO2/c1-6-3-4-8(9(10)11)7(2)5-6/h3-5,10-11H,1-2H3/i1D3. The van der Waals surface area contributed by atoms with Crippen LogP contribution in [-0.4, -0.2) is 17.2 Å². The van der Waals surface area contributed by atoms with E-state index >= 15 is 0 Å². The molecule has 2 nitrogen and oxygen atoms in total. The zero-order chi connectivity index (χ0) is 10.9. The highest BCUT2D eigenvalue weighted by atomic mass is 16.4. The zero-order valence-electron chi connectivity index (χ0n) is 9.20. The van der Waals surface area contributed by atoms with Gasteiger partial charge in [0, 0.05) is 4.11 Å². The van der Waals surface area contributed by atoms with E-state index < -0.39 is 14.0 Å². The van der Waals surface area contributed by atoms with Gasteiger partial charge in [-0.3, -0.25) is 0 Å². The smallest absolute Gasteiger partial charge is 0.423 e. The monoisotopic (exact) mass is 153 g/mol. The Kier molecular flexibility index (Phi) is 1.38. The molecule has 0 spiro atoms. The molecule has 0 bridgehead atoms. The lowest BCUT2D eigenvalue weighted by Gasteiger charge is -2.04. The molecule has 1 rings (SSSR count). The fourth-order valence-electron chi connectivity index (χ4n) is 0.965. The number of hydrogen-bond donors (Lipinski definition) is 2. The number of aryl methyl sites for hydroxylation is 2. The maximum atomic E-state index is 8.91. The van der Waals surface area contributed by atoms with E-state index in [1.807, 2.05) is 0 Å². The van der Waals surface area contributed by atoms with Gasteiger partial charge in [0.25, 0.3) is 0 Å². The van der Waals surface area contributed by atoms with Gasteiger partial charge in [-0.2, -0.15) is 0 Å². The molecule has 3 heteroatoms. The van der Waals surface area contributed by atoms with Gasteiger partial charge in [0.1, 0.15) is 0 Å². The van der Waals surface area contributed by atoms with Crippen LogP contribution >= 0.6 is 0 Å². The minimum atomic E-state index is -2.15. The highest BCUT2D eigenvalue weighted by molar-refractivity contribution is 6.59. The Bertz CT molecular complexity index is 336. The quantitative estimate of drug-likeness (QED) is 0.556. The van der Waals surface area contributed by atoms with E-state index in [1.165, 1.54) is 18.2 Å². The van der Waals surface area contributed by atoms with Crippen LogP contribution in [0.4, 0.5) is 0 Å². The number of hydrogen-bond acceptors (Lipinski definition) is 2. The van der Waals surface area contributed by atoms with Crippen molar-refractivity contribution in [3.05, 3.63) is 29.3 Å². The molecule has 0 heterocycles. The molecule has 1 aromatic rings. The van der Waals surface area contributed by atoms with Crippen molar-refractivity contribution in [3.8, 4) is 0 Å². The minimum Gasteiger partial charge on any atom is -0.423 e. The van der Waals surface area contributed by atoms with Crippen molar-refractivity contribution in [2.24, 2.45) is 0 Å². The van der Waals surface area contributed by atoms with Gasteiger partial charge in [-0.15, -0.1) is 0 Å². The van der Waals surface area contributed by atoms with Crippen LogP contribution < -0.4 is 5.46 Å². The summed E-state index contributed by atoms with van der Waals surface area (Å²) in [6, 6.07) is 4.25. The largest absolute Gasteiger partial charge is 0.488 e. The first-order chi connectivity index (χ1) is 6.32. The van der Waals surface area contributed by atoms with Crippen molar-refractivity contribution in [2.45, 2.75) is 13.8 Å². The molecule has 0 aromatic heterocycles. The Balaban J connectivity index is 3.13. The predicted octanol–water partition coefficient (Wildman–Crippen LogP) is -0.0168. The second-order valence-electron chi connectivity index (χ2n) is 2.45. The summed E-state index contributed by atoms with van der Waals surface area (Å²) < 4.78 is 21.5.